The molecule has 1 heterocycles. The van der Waals surface area contributed by atoms with Crippen LogP contribution < -0.4 is 20.1 Å². The van der Waals surface area contributed by atoms with E-state index in [4.69, 9.17) is 14.2 Å². The molecule has 1 fully saturated rings. The normalized spacial score (nSPS) is 14.9. The average Bonchev–Trinajstić information content (AvgIpc) is 2.82. The summed E-state index contributed by atoms with van der Waals surface area (Å²) in [6, 6.07) is 14.8. The number of methoxy groups -OCH3 is 2. The lowest BCUT2D eigenvalue weighted by molar-refractivity contribution is 0.0342. The molecule has 0 atom stereocenters. The van der Waals surface area contributed by atoms with Gasteiger partial charge in [0.2, 0.25) is 0 Å². The monoisotopic (exact) mass is 426 g/mol. The topological polar surface area (TPSA) is 67.4 Å². The van der Waals surface area contributed by atoms with Crippen LogP contribution >= 0.6 is 0 Å². The number of benzene rings is 2. The molecule has 1 saturated heterocycles. The maximum atomic E-state index is 5.42. The first-order valence-corrected chi connectivity index (χ1v) is 10.7. The van der Waals surface area contributed by atoms with Gasteiger partial charge in [-0.05, 0) is 35.2 Å². The van der Waals surface area contributed by atoms with E-state index in [1.54, 1.807) is 21.3 Å². The van der Waals surface area contributed by atoms with Crippen molar-refractivity contribution >= 4 is 5.96 Å². The third kappa shape index (κ3) is 7.15. The van der Waals surface area contributed by atoms with Crippen molar-refractivity contribution < 1.29 is 14.2 Å². The van der Waals surface area contributed by atoms with Gasteiger partial charge < -0.3 is 24.8 Å². The Kier molecular flexibility index (Phi) is 8.99. The van der Waals surface area contributed by atoms with Crippen LogP contribution in [0.1, 0.15) is 16.7 Å². The third-order valence-electron chi connectivity index (χ3n) is 5.37. The Labute approximate surface area is 185 Å². The van der Waals surface area contributed by atoms with Gasteiger partial charge in [-0.3, -0.25) is 9.89 Å². The van der Waals surface area contributed by atoms with Crippen molar-refractivity contribution in [3.8, 4) is 11.5 Å². The number of hydrogen-bond donors (Lipinski definition) is 2. The van der Waals surface area contributed by atoms with Crippen LogP contribution in [0, 0.1) is 0 Å². The number of hydrogen-bond acceptors (Lipinski definition) is 5. The number of guanidine groups is 1. The van der Waals surface area contributed by atoms with Crippen molar-refractivity contribution in [3.63, 3.8) is 0 Å². The van der Waals surface area contributed by atoms with Crippen LogP contribution in [0.25, 0.3) is 0 Å². The summed E-state index contributed by atoms with van der Waals surface area (Å²) in [5, 5.41) is 6.75. The van der Waals surface area contributed by atoms with Gasteiger partial charge in [0.15, 0.2) is 17.5 Å². The minimum absolute atomic E-state index is 0.730. The first-order valence-electron chi connectivity index (χ1n) is 10.7. The van der Waals surface area contributed by atoms with Crippen LogP contribution in [-0.4, -0.2) is 65.0 Å². The Morgan fingerprint density at radius 1 is 0.935 bits per heavy atom. The maximum absolute atomic E-state index is 5.42. The summed E-state index contributed by atoms with van der Waals surface area (Å²) in [5.41, 5.74) is 3.74. The zero-order valence-corrected chi connectivity index (χ0v) is 18.8. The highest BCUT2D eigenvalue weighted by molar-refractivity contribution is 5.79. The lowest BCUT2D eigenvalue weighted by atomic mass is 10.1. The Bertz CT molecular complexity index is 833. The van der Waals surface area contributed by atoms with Gasteiger partial charge in [0, 0.05) is 39.8 Å². The van der Waals surface area contributed by atoms with Crippen LogP contribution in [0.3, 0.4) is 0 Å². The smallest absolute Gasteiger partial charge is 0.191 e. The van der Waals surface area contributed by atoms with Gasteiger partial charge in [0.25, 0.3) is 0 Å². The summed E-state index contributed by atoms with van der Waals surface area (Å²) >= 11 is 0. The van der Waals surface area contributed by atoms with Crippen molar-refractivity contribution in [1.29, 1.82) is 0 Å². The fraction of sp³-hybridized carbons (Fsp3) is 0.458. The summed E-state index contributed by atoms with van der Waals surface area (Å²) < 4.78 is 16.1. The molecule has 1 aliphatic rings. The molecule has 7 nitrogen and oxygen atoms in total. The molecule has 0 saturated carbocycles. The lowest BCUT2D eigenvalue weighted by Crippen LogP contribution is -2.37. The van der Waals surface area contributed by atoms with Crippen LogP contribution in [0.4, 0.5) is 0 Å². The van der Waals surface area contributed by atoms with Gasteiger partial charge in [0.05, 0.1) is 27.4 Å². The van der Waals surface area contributed by atoms with Crippen molar-refractivity contribution in [1.82, 2.24) is 15.5 Å². The molecule has 0 aliphatic carbocycles. The van der Waals surface area contributed by atoms with E-state index < -0.39 is 0 Å². The number of ether oxygens (including phenoxy) is 3. The van der Waals surface area contributed by atoms with Crippen LogP contribution in [-0.2, 0) is 24.2 Å². The van der Waals surface area contributed by atoms with Crippen molar-refractivity contribution in [2.24, 2.45) is 4.99 Å². The van der Waals surface area contributed by atoms with Crippen LogP contribution in [0.5, 0.6) is 11.5 Å². The Balaban J connectivity index is 1.42. The Morgan fingerprint density at radius 3 is 2.29 bits per heavy atom. The fourth-order valence-electron chi connectivity index (χ4n) is 3.55. The second kappa shape index (κ2) is 12.2. The molecular weight excluding hydrogens is 392 g/mol. The quantitative estimate of drug-likeness (QED) is 0.474. The largest absolute Gasteiger partial charge is 0.493 e. The van der Waals surface area contributed by atoms with Gasteiger partial charge in [-0.15, -0.1) is 0 Å². The zero-order chi connectivity index (χ0) is 21.9. The Morgan fingerprint density at radius 2 is 1.61 bits per heavy atom. The first-order chi connectivity index (χ1) is 15.2. The summed E-state index contributed by atoms with van der Waals surface area (Å²) in [6.45, 7) is 6.17. The summed E-state index contributed by atoms with van der Waals surface area (Å²) in [7, 11) is 5.09. The van der Waals surface area contributed by atoms with Gasteiger partial charge in [-0.2, -0.15) is 0 Å². The van der Waals surface area contributed by atoms with Gasteiger partial charge in [0.1, 0.15) is 0 Å². The number of aliphatic imine (C=N–C) groups is 1. The molecule has 0 spiro atoms. The molecule has 0 radical (unpaired) electrons. The highest BCUT2D eigenvalue weighted by Crippen LogP contribution is 2.27. The Hall–Kier alpha value is -2.77. The molecular formula is C24H34N4O3. The molecule has 2 aromatic carbocycles. The third-order valence-corrected chi connectivity index (χ3v) is 5.37. The highest BCUT2D eigenvalue weighted by Gasteiger charge is 2.10. The van der Waals surface area contributed by atoms with Gasteiger partial charge >= 0.3 is 0 Å². The van der Waals surface area contributed by atoms with Crippen molar-refractivity contribution in [3.05, 3.63) is 59.2 Å². The molecule has 168 valence electrons. The predicted molar refractivity (Wildman–Crippen MR) is 124 cm³/mol. The lowest BCUT2D eigenvalue weighted by Gasteiger charge is -2.26. The zero-order valence-electron chi connectivity index (χ0n) is 18.8. The molecule has 7 heteroatoms. The number of nitrogens with zero attached hydrogens (tertiary/aromatic N) is 2. The van der Waals surface area contributed by atoms with Crippen LogP contribution in [0.2, 0.25) is 0 Å². The van der Waals surface area contributed by atoms with E-state index in [1.165, 1.54) is 16.7 Å². The number of nitrogens with one attached hydrogen (secondary N) is 2. The fourth-order valence-corrected chi connectivity index (χ4v) is 3.55. The van der Waals surface area contributed by atoms with E-state index in [9.17, 15) is 0 Å². The van der Waals surface area contributed by atoms with E-state index in [0.717, 1.165) is 69.8 Å². The first kappa shape index (κ1) is 22.9. The second-order valence-electron chi connectivity index (χ2n) is 7.50. The molecule has 31 heavy (non-hydrogen) atoms. The van der Waals surface area contributed by atoms with Crippen LogP contribution in [0.15, 0.2) is 47.5 Å². The minimum Gasteiger partial charge on any atom is -0.493 e. The van der Waals surface area contributed by atoms with E-state index >= 15 is 0 Å². The SMILES string of the molecule is CN=C(NCCc1ccc(OC)c(OC)c1)NCc1ccc(CN2CCOCC2)cc1. The molecule has 1 aliphatic heterocycles. The van der Waals surface area contributed by atoms with Gasteiger partial charge in [-0.1, -0.05) is 30.3 Å². The standard InChI is InChI=1S/C24H34N4O3/c1-25-24(26-11-10-19-8-9-22(29-2)23(16-19)30-3)27-17-20-4-6-21(7-5-20)18-28-12-14-31-15-13-28/h4-9,16H,10-15,17-18H2,1-3H3,(H2,25,26,27). The van der Waals surface area contributed by atoms with E-state index in [1.807, 2.05) is 12.1 Å². The molecule has 2 N–H and O–H groups in total. The number of rotatable bonds is 9. The minimum atomic E-state index is 0.730. The van der Waals surface area contributed by atoms with E-state index in [0.29, 0.717) is 0 Å². The van der Waals surface area contributed by atoms with E-state index in [-0.39, 0.29) is 0 Å². The summed E-state index contributed by atoms with van der Waals surface area (Å²) in [4.78, 5) is 6.75. The summed E-state index contributed by atoms with van der Waals surface area (Å²) in [6.07, 6.45) is 0.858. The molecule has 3 rings (SSSR count). The highest BCUT2D eigenvalue weighted by atomic mass is 16.5. The average molecular weight is 427 g/mol. The molecule has 0 unspecified atom stereocenters. The number of morpholine rings is 1. The van der Waals surface area contributed by atoms with Crippen molar-refractivity contribution in [2.75, 3.05) is 54.1 Å². The summed E-state index contributed by atoms with van der Waals surface area (Å²) in [5.74, 6) is 2.28. The molecule has 2 aromatic rings. The molecule has 0 amide bonds. The maximum Gasteiger partial charge on any atom is 0.191 e. The molecule has 0 bridgehead atoms. The second-order valence-corrected chi connectivity index (χ2v) is 7.50. The van der Waals surface area contributed by atoms with Gasteiger partial charge in [-0.25, -0.2) is 0 Å². The predicted octanol–water partition coefficient (Wildman–Crippen LogP) is 2.44. The van der Waals surface area contributed by atoms with E-state index in [2.05, 4.69) is 50.9 Å². The molecule has 0 aromatic heterocycles. The van der Waals surface area contributed by atoms with Crippen molar-refractivity contribution in [2.45, 2.75) is 19.5 Å².